The molecule has 2 heteroatoms. The van der Waals surface area contributed by atoms with Crippen LogP contribution in [0.5, 0.6) is 5.75 Å². The zero-order chi connectivity index (χ0) is 13.7. The lowest BCUT2D eigenvalue weighted by Crippen LogP contribution is -2.04. The van der Waals surface area contributed by atoms with E-state index in [1.165, 1.54) is 11.1 Å². The standard InChI is InChI=1S/C17H20O2/c1-13-5-3-4-6-16(13)12-19-17-9-7-15(8-10-17)11-14(2)18/h3-10,14,18H,11-12H2,1-2H3. The summed E-state index contributed by atoms with van der Waals surface area (Å²) in [6.45, 7) is 4.47. The van der Waals surface area contributed by atoms with Gasteiger partial charge in [-0.15, -0.1) is 0 Å². The van der Waals surface area contributed by atoms with Gasteiger partial charge in [-0.25, -0.2) is 0 Å². The molecule has 0 heterocycles. The van der Waals surface area contributed by atoms with Gasteiger partial charge in [0, 0.05) is 0 Å². The van der Waals surface area contributed by atoms with Crippen molar-refractivity contribution in [1.82, 2.24) is 0 Å². The summed E-state index contributed by atoms with van der Waals surface area (Å²) in [4.78, 5) is 0. The number of ether oxygens (including phenoxy) is 1. The van der Waals surface area contributed by atoms with E-state index < -0.39 is 0 Å². The number of rotatable bonds is 5. The Morgan fingerprint density at radius 1 is 1.05 bits per heavy atom. The molecular weight excluding hydrogens is 236 g/mol. The molecule has 0 spiro atoms. The van der Waals surface area contributed by atoms with Crippen LogP contribution in [0.3, 0.4) is 0 Å². The van der Waals surface area contributed by atoms with Crippen molar-refractivity contribution < 1.29 is 9.84 Å². The van der Waals surface area contributed by atoms with E-state index >= 15 is 0 Å². The van der Waals surface area contributed by atoms with Crippen LogP contribution in [0.25, 0.3) is 0 Å². The molecule has 0 aliphatic heterocycles. The van der Waals surface area contributed by atoms with Crippen molar-refractivity contribution in [2.24, 2.45) is 0 Å². The van der Waals surface area contributed by atoms with Crippen LogP contribution in [0.15, 0.2) is 48.5 Å². The fourth-order valence-electron chi connectivity index (χ4n) is 2.00. The number of hydrogen-bond acceptors (Lipinski definition) is 2. The average Bonchev–Trinajstić information content (AvgIpc) is 2.39. The molecular formula is C17H20O2. The predicted molar refractivity (Wildman–Crippen MR) is 77.3 cm³/mol. The average molecular weight is 256 g/mol. The number of aliphatic hydroxyl groups is 1. The highest BCUT2D eigenvalue weighted by atomic mass is 16.5. The van der Waals surface area contributed by atoms with Crippen LogP contribution < -0.4 is 4.74 Å². The predicted octanol–water partition coefficient (Wildman–Crippen LogP) is 3.50. The van der Waals surface area contributed by atoms with Gasteiger partial charge in [-0.2, -0.15) is 0 Å². The highest BCUT2D eigenvalue weighted by molar-refractivity contribution is 5.29. The molecule has 0 aliphatic carbocycles. The first-order valence-electron chi connectivity index (χ1n) is 6.59. The third-order valence-corrected chi connectivity index (χ3v) is 3.11. The summed E-state index contributed by atoms with van der Waals surface area (Å²) >= 11 is 0. The Balaban J connectivity index is 1.95. The molecule has 0 radical (unpaired) electrons. The molecule has 0 saturated heterocycles. The van der Waals surface area contributed by atoms with Gasteiger partial charge in [0.2, 0.25) is 0 Å². The van der Waals surface area contributed by atoms with Crippen LogP contribution >= 0.6 is 0 Å². The summed E-state index contributed by atoms with van der Waals surface area (Å²) in [7, 11) is 0. The summed E-state index contributed by atoms with van der Waals surface area (Å²) in [6.07, 6.45) is 0.372. The molecule has 0 aromatic heterocycles. The molecule has 0 fully saturated rings. The van der Waals surface area contributed by atoms with Gasteiger partial charge in [0.05, 0.1) is 6.10 Å². The Bertz CT molecular complexity index is 515. The molecule has 2 aromatic rings. The minimum atomic E-state index is -0.307. The Kier molecular flexibility index (Phi) is 4.58. The quantitative estimate of drug-likeness (QED) is 0.887. The smallest absolute Gasteiger partial charge is 0.119 e. The largest absolute Gasteiger partial charge is 0.489 e. The molecule has 0 amide bonds. The second-order valence-corrected chi connectivity index (χ2v) is 4.91. The van der Waals surface area contributed by atoms with Crippen LogP contribution in [-0.4, -0.2) is 11.2 Å². The molecule has 0 aliphatic rings. The van der Waals surface area contributed by atoms with E-state index in [1.807, 2.05) is 36.4 Å². The molecule has 1 unspecified atom stereocenters. The van der Waals surface area contributed by atoms with Crippen molar-refractivity contribution in [3.63, 3.8) is 0 Å². The van der Waals surface area contributed by atoms with Gasteiger partial charge in [-0.05, 0) is 49.1 Å². The van der Waals surface area contributed by atoms with E-state index in [4.69, 9.17) is 4.74 Å². The van der Waals surface area contributed by atoms with Gasteiger partial charge in [0.15, 0.2) is 0 Å². The molecule has 19 heavy (non-hydrogen) atoms. The molecule has 100 valence electrons. The third kappa shape index (κ3) is 4.11. The van der Waals surface area contributed by atoms with Crippen LogP contribution in [0, 0.1) is 6.92 Å². The second kappa shape index (κ2) is 6.39. The fraction of sp³-hybridized carbons (Fsp3) is 0.294. The van der Waals surface area contributed by atoms with Gasteiger partial charge >= 0.3 is 0 Å². The summed E-state index contributed by atoms with van der Waals surface area (Å²) in [6, 6.07) is 16.1. The summed E-state index contributed by atoms with van der Waals surface area (Å²) in [5.41, 5.74) is 3.57. The van der Waals surface area contributed by atoms with Crippen LogP contribution in [0.2, 0.25) is 0 Å². The normalized spacial score (nSPS) is 12.2. The fourth-order valence-corrected chi connectivity index (χ4v) is 2.00. The zero-order valence-electron chi connectivity index (χ0n) is 11.5. The molecule has 0 saturated carbocycles. The van der Waals surface area contributed by atoms with Crippen LogP contribution in [0.1, 0.15) is 23.6 Å². The maximum Gasteiger partial charge on any atom is 0.119 e. The maximum atomic E-state index is 9.33. The van der Waals surface area contributed by atoms with Crippen molar-refractivity contribution in [3.05, 3.63) is 65.2 Å². The minimum Gasteiger partial charge on any atom is -0.489 e. The molecule has 1 atom stereocenters. The summed E-state index contributed by atoms with van der Waals surface area (Å²) in [5, 5.41) is 9.33. The van der Waals surface area contributed by atoms with Gasteiger partial charge in [0.1, 0.15) is 12.4 Å². The first-order valence-corrected chi connectivity index (χ1v) is 6.59. The van der Waals surface area contributed by atoms with Crippen molar-refractivity contribution >= 4 is 0 Å². The zero-order valence-corrected chi connectivity index (χ0v) is 11.5. The van der Waals surface area contributed by atoms with E-state index in [0.717, 1.165) is 11.3 Å². The monoisotopic (exact) mass is 256 g/mol. The maximum absolute atomic E-state index is 9.33. The van der Waals surface area contributed by atoms with Crippen LogP contribution in [-0.2, 0) is 13.0 Å². The Morgan fingerprint density at radius 3 is 2.37 bits per heavy atom. The number of aliphatic hydroxyl groups excluding tert-OH is 1. The lowest BCUT2D eigenvalue weighted by molar-refractivity contribution is 0.195. The number of benzene rings is 2. The van der Waals surface area contributed by atoms with Gasteiger partial charge in [0.25, 0.3) is 0 Å². The molecule has 0 bridgehead atoms. The third-order valence-electron chi connectivity index (χ3n) is 3.11. The first kappa shape index (κ1) is 13.6. The Morgan fingerprint density at radius 2 is 1.74 bits per heavy atom. The lowest BCUT2D eigenvalue weighted by atomic mass is 10.1. The highest BCUT2D eigenvalue weighted by Gasteiger charge is 2.01. The van der Waals surface area contributed by atoms with E-state index in [2.05, 4.69) is 19.1 Å². The van der Waals surface area contributed by atoms with Crippen molar-refractivity contribution in [3.8, 4) is 5.75 Å². The van der Waals surface area contributed by atoms with Gasteiger partial charge in [-0.1, -0.05) is 36.4 Å². The van der Waals surface area contributed by atoms with Gasteiger partial charge < -0.3 is 9.84 Å². The molecule has 2 rings (SSSR count). The Hall–Kier alpha value is -1.80. The minimum absolute atomic E-state index is 0.307. The number of aryl methyl sites for hydroxylation is 1. The van der Waals surface area contributed by atoms with E-state index in [9.17, 15) is 5.11 Å². The van der Waals surface area contributed by atoms with Gasteiger partial charge in [-0.3, -0.25) is 0 Å². The van der Waals surface area contributed by atoms with E-state index in [-0.39, 0.29) is 6.10 Å². The SMILES string of the molecule is Cc1ccccc1COc1ccc(CC(C)O)cc1. The van der Waals surface area contributed by atoms with Crippen molar-refractivity contribution in [2.45, 2.75) is 33.0 Å². The van der Waals surface area contributed by atoms with Crippen molar-refractivity contribution in [1.29, 1.82) is 0 Å². The molecule has 2 nitrogen and oxygen atoms in total. The summed E-state index contributed by atoms with van der Waals surface area (Å²) < 4.78 is 5.77. The topological polar surface area (TPSA) is 29.5 Å². The summed E-state index contributed by atoms with van der Waals surface area (Å²) in [5.74, 6) is 0.859. The van der Waals surface area contributed by atoms with E-state index in [1.54, 1.807) is 6.92 Å². The van der Waals surface area contributed by atoms with Crippen LogP contribution in [0.4, 0.5) is 0 Å². The van der Waals surface area contributed by atoms with E-state index in [0.29, 0.717) is 13.0 Å². The highest BCUT2D eigenvalue weighted by Crippen LogP contribution is 2.16. The Labute approximate surface area is 114 Å². The first-order chi connectivity index (χ1) is 9.15. The van der Waals surface area contributed by atoms with Crippen molar-refractivity contribution in [2.75, 3.05) is 0 Å². The molecule has 2 aromatic carbocycles. The molecule has 1 N–H and O–H groups in total. The number of hydrogen-bond donors (Lipinski definition) is 1. The lowest BCUT2D eigenvalue weighted by Gasteiger charge is -2.10. The second-order valence-electron chi connectivity index (χ2n) is 4.91.